The van der Waals surface area contributed by atoms with Gasteiger partial charge in [0.05, 0.1) is 6.54 Å². The highest BCUT2D eigenvalue weighted by Gasteiger charge is 2.39. The van der Waals surface area contributed by atoms with Gasteiger partial charge in [-0.25, -0.2) is 4.79 Å². The van der Waals surface area contributed by atoms with Gasteiger partial charge in [-0.3, -0.25) is 14.5 Å². The number of urea groups is 1. The number of ketones is 1. The van der Waals surface area contributed by atoms with Crippen molar-refractivity contribution < 1.29 is 14.4 Å². The number of amides is 3. The zero-order valence-electron chi connectivity index (χ0n) is 18.8. The van der Waals surface area contributed by atoms with Gasteiger partial charge in [-0.15, -0.1) is 0 Å². The first-order valence-corrected chi connectivity index (χ1v) is 11.4. The molecular formula is C26H23ClN4O3. The fraction of sp³-hybridized carbons (Fsp3) is 0.192. The van der Waals surface area contributed by atoms with Gasteiger partial charge in [-0.05, 0) is 49.7 Å². The molecule has 3 amide bonds. The van der Waals surface area contributed by atoms with Gasteiger partial charge in [0.2, 0.25) is 0 Å². The highest BCUT2D eigenvalue weighted by atomic mass is 35.5. The maximum absolute atomic E-state index is 13.2. The molecule has 3 heterocycles. The summed E-state index contributed by atoms with van der Waals surface area (Å²) in [5.41, 5.74) is 4.81. The Hall–Kier alpha value is -3.84. The Bertz CT molecular complexity index is 1450. The van der Waals surface area contributed by atoms with Crippen LogP contribution in [0.2, 0.25) is 5.02 Å². The number of H-pyrrole nitrogens is 1. The number of Topliss-reactive ketones (excluding diaryl/α,β-unsaturated/α-hetero) is 1. The number of hydrogen-bond donors (Lipinski definition) is 2. The summed E-state index contributed by atoms with van der Waals surface area (Å²) in [6.45, 7) is 3.43. The van der Waals surface area contributed by atoms with Crippen molar-refractivity contribution in [2.24, 2.45) is 0 Å². The van der Waals surface area contributed by atoms with Crippen LogP contribution in [-0.4, -0.2) is 44.8 Å². The number of nitrogens with zero attached hydrogens (tertiary/aromatic N) is 2. The third-order valence-electron chi connectivity index (χ3n) is 6.31. The van der Waals surface area contributed by atoms with E-state index in [0.717, 1.165) is 38.4 Å². The highest BCUT2D eigenvalue weighted by Crippen LogP contribution is 2.25. The van der Waals surface area contributed by atoms with Crippen molar-refractivity contribution in [2.75, 3.05) is 6.54 Å². The number of aromatic amines is 1. The summed E-state index contributed by atoms with van der Waals surface area (Å²) in [6.07, 6.45) is 2.20. The smallest absolute Gasteiger partial charge is 0.325 e. The van der Waals surface area contributed by atoms with Crippen molar-refractivity contribution in [3.8, 4) is 5.69 Å². The lowest BCUT2D eigenvalue weighted by atomic mass is 10.0. The molecule has 5 rings (SSSR count). The van der Waals surface area contributed by atoms with Gasteiger partial charge < -0.3 is 14.9 Å². The molecule has 7 nitrogen and oxygen atoms in total. The summed E-state index contributed by atoms with van der Waals surface area (Å²) < 4.78 is 1.94. The van der Waals surface area contributed by atoms with Crippen molar-refractivity contribution in [1.82, 2.24) is 19.8 Å². The first kappa shape index (κ1) is 22.0. The van der Waals surface area contributed by atoms with Crippen LogP contribution in [0.15, 0.2) is 60.8 Å². The van der Waals surface area contributed by atoms with E-state index in [1.165, 1.54) is 0 Å². The molecule has 1 saturated heterocycles. The number of aromatic nitrogens is 2. The van der Waals surface area contributed by atoms with E-state index in [1.54, 1.807) is 12.1 Å². The quantitative estimate of drug-likeness (QED) is 0.317. The zero-order valence-corrected chi connectivity index (χ0v) is 19.5. The zero-order chi connectivity index (χ0) is 24.0. The maximum atomic E-state index is 13.2. The van der Waals surface area contributed by atoms with Crippen LogP contribution in [0.4, 0.5) is 4.79 Å². The van der Waals surface area contributed by atoms with Crippen LogP contribution in [0.5, 0.6) is 0 Å². The fourth-order valence-electron chi connectivity index (χ4n) is 4.67. The predicted molar refractivity (Wildman–Crippen MR) is 131 cm³/mol. The average Bonchev–Trinajstić information content (AvgIpc) is 3.44. The lowest BCUT2D eigenvalue weighted by Gasteiger charge is -2.13. The standard InChI is InChI=1S/C26H23ClN4O3/c1-15-10-21(16(2)31(15)19-7-5-6-18(27)12-19)24(32)14-30-25(33)23(29-26(30)34)11-17-13-28-22-9-4-3-8-20(17)22/h3-10,12-13,23,28H,11,14H2,1-2H3,(H,29,34)/t23-/m0/s1. The molecule has 1 fully saturated rings. The highest BCUT2D eigenvalue weighted by molar-refractivity contribution is 6.30. The molecule has 0 bridgehead atoms. The van der Waals surface area contributed by atoms with Crippen molar-refractivity contribution >= 4 is 40.2 Å². The van der Waals surface area contributed by atoms with Crippen molar-refractivity contribution in [1.29, 1.82) is 0 Å². The summed E-state index contributed by atoms with van der Waals surface area (Å²) in [5.74, 6) is -0.690. The van der Waals surface area contributed by atoms with Crippen LogP contribution in [0.3, 0.4) is 0 Å². The minimum Gasteiger partial charge on any atom is -0.361 e. The van der Waals surface area contributed by atoms with E-state index < -0.39 is 18.0 Å². The Morgan fingerprint density at radius 3 is 2.65 bits per heavy atom. The number of halogens is 1. The molecule has 34 heavy (non-hydrogen) atoms. The van der Waals surface area contributed by atoms with E-state index in [0.29, 0.717) is 17.0 Å². The van der Waals surface area contributed by atoms with E-state index in [9.17, 15) is 14.4 Å². The number of aryl methyl sites for hydroxylation is 1. The molecule has 0 spiro atoms. The summed E-state index contributed by atoms with van der Waals surface area (Å²) in [5, 5.41) is 4.33. The van der Waals surface area contributed by atoms with Gasteiger partial charge in [0.1, 0.15) is 6.04 Å². The molecule has 8 heteroatoms. The van der Waals surface area contributed by atoms with E-state index in [4.69, 9.17) is 11.6 Å². The molecule has 4 aromatic rings. The Balaban J connectivity index is 1.34. The first-order valence-electron chi connectivity index (χ1n) is 11.0. The van der Waals surface area contributed by atoms with Gasteiger partial charge >= 0.3 is 6.03 Å². The molecule has 0 unspecified atom stereocenters. The van der Waals surface area contributed by atoms with Gasteiger partial charge in [0.25, 0.3) is 5.91 Å². The monoisotopic (exact) mass is 474 g/mol. The molecule has 2 aromatic carbocycles. The van der Waals surface area contributed by atoms with Crippen molar-refractivity contribution in [2.45, 2.75) is 26.3 Å². The van der Waals surface area contributed by atoms with Gasteiger partial charge in [-0.2, -0.15) is 0 Å². The summed E-state index contributed by atoms with van der Waals surface area (Å²) in [6, 6.07) is 15.7. The number of imide groups is 1. The number of fused-ring (bicyclic) bond motifs is 1. The SMILES string of the molecule is Cc1cc(C(=O)CN2C(=O)N[C@@H](Cc3c[nH]c4ccccc34)C2=O)c(C)n1-c1cccc(Cl)c1. The molecule has 1 atom stereocenters. The third-order valence-corrected chi connectivity index (χ3v) is 6.54. The Kier molecular flexibility index (Phi) is 5.49. The second-order valence-electron chi connectivity index (χ2n) is 8.51. The number of carbonyl (C=O) groups excluding carboxylic acids is 3. The van der Waals surface area contributed by atoms with Gasteiger partial charge in [0, 0.05) is 51.2 Å². The van der Waals surface area contributed by atoms with Crippen molar-refractivity contribution in [3.05, 3.63) is 88.3 Å². The minimum atomic E-state index is -0.710. The Morgan fingerprint density at radius 1 is 1.06 bits per heavy atom. The number of carbonyl (C=O) groups is 3. The lowest BCUT2D eigenvalue weighted by molar-refractivity contribution is -0.127. The molecule has 1 aliphatic rings. The minimum absolute atomic E-state index is 0.294. The molecule has 1 aliphatic heterocycles. The second kappa shape index (κ2) is 8.50. The largest absolute Gasteiger partial charge is 0.361 e. The number of benzene rings is 2. The Labute approximate surface area is 201 Å². The molecule has 2 N–H and O–H groups in total. The molecule has 0 saturated carbocycles. The van der Waals surface area contributed by atoms with Crippen LogP contribution < -0.4 is 5.32 Å². The predicted octanol–water partition coefficient (Wildman–Crippen LogP) is 4.57. The fourth-order valence-corrected chi connectivity index (χ4v) is 4.86. The number of nitrogens with one attached hydrogen (secondary N) is 2. The molecule has 172 valence electrons. The van der Waals surface area contributed by atoms with Crippen LogP contribution >= 0.6 is 11.6 Å². The van der Waals surface area contributed by atoms with Crippen LogP contribution in [0, 0.1) is 13.8 Å². The molecular weight excluding hydrogens is 452 g/mol. The number of para-hydroxylation sites is 1. The van der Waals surface area contributed by atoms with Crippen LogP contribution in [-0.2, 0) is 11.2 Å². The van der Waals surface area contributed by atoms with Gasteiger partial charge in [0.15, 0.2) is 5.78 Å². The normalized spacial score (nSPS) is 15.9. The molecule has 2 aromatic heterocycles. The number of hydrogen-bond acceptors (Lipinski definition) is 3. The van der Waals surface area contributed by atoms with E-state index in [1.807, 2.05) is 67.1 Å². The third kappa shape index (κ3) is 3.78. The lowest BCUT2D eigenvalue weighted by Crippen LogP contribution is -2.36. The molecule has 0 aliphatic carbocycles. The van der Waals surface area contributed by atoms with Gasteiger partial charge in [-0.1, -0.05) is 35.9 Å². The first-order chi connectivity index (χ1) is 16.3. The second-order valence-corrected chi connectivity index (χ2v) is 8.95. The molecule has 0 radical (unpaired) electrons. The summed E-state index contributed by atoms with van der Waals surface area (Å²) in [4.78, 5) is 43.0. The Morgan fingerprint density at radius 2 is 1.85 bits per heavy atom. The van der Waals surface area contributed by atoms with E-state index in [-0.39, 0.29) is 12.3 Å². The topological polar surface area (TPSA) is 87.2 Å². The maximum Gasteiger partial charge on any atom is 0.325 e. The van der Waals surface area contributed by atoms with Crippen LogP contribution in [0.1, 0.15) is 27.3 Å². The summed E-state index contributed by atoms with van der Waals surface area (Å²) in [7, 11) is 0. The average molecular weight is 475 g/mol. The van der Waals surface area contributed by atoms with E-state index >= 15 is 0 Å². The van der Waals surface area contributed by atoms with E-state index in [2.05, 4.69) is 10.3 Å². The van der Waals surface area contributed by atoms with Crippen LogP contribution in [0.25, 0.3) is 16.6 Å². The number of rotatable bonds is 6. The van der Waals surface area contributed by atoms with Crippen molar-refractivity contribution in [3.63, 3.8) is 0 Å². The summed E-state index contributed by atoms with van der Waals surface area (Å²) >= 11 is 6.14.